The summed E-state index contributed by atoms with van der Waals surface area (Å²) in [6, 6.07) is 0. The highest BCUT2D eigenvalue weighted by Crippen LogP contribution is 2.33. The molecular formula is C13H19BrN2O2. The molecule has 100 valence electrons. The summed E-state index contributed by atoms with van der Waals surface area (Å²) in [5.74, 6) is 1.25. The predicted molar refractivity (Wildman–Crippen MR) is 72.9 cm³/mol. The number of alkyl halides is 1. The molecule has 18 heavy (non-hydrogen) atoms. The third-order valence-corrected chi connectivity index (χ3v) is 4.93. The molecule has 1 aliphatic rings. The number of halogens is 1. The fourth-order valence-corrected chi connectivity index (χ4v) is 3.13. The molecule has 1 aliphatic carbocycles. The zero-order valence-corrected chi connectivity index (χ0v) is 12.4. The van der Waals surface area contributed by atoms with Gasteiger partial charge in [0.05, 0.1) is 11.7 Å². The Labute approximate surface area is 116 Å². The topological polar surface area (TPSA) is 55.1 Å². The lowest BCUT2D eigenvalue weighted by molar-refractivity contribution is 0.0873. The van der Waals surface area contributed by atoms with Gasteiger partial charge in [0.25, 0.3) is 5.91 Å². The smallest absolute Gasteiger partial charge is 0.256 e. The lowest BCUT2D eigenvalue weighted by Gasteiger charge is -2.38. The maximum Gasteiger partial charge on any atom is 0.256 e. The van der Waals surface area contributed by atoms with Gasteiger partial charge in [0, 0.05) is 5.33 Å². The van der Waals surface area contributed by atoms with Crippen molar-refractivity contribution in [1.29, 1.82) is 0 Å². The molecule has 1 aromatic heterocycles. The number of hydrogen-bond acceptors (Lipinski definition) is 3. The molecule has 2 rings (SSSR count). The standard InChI is InChI=1S/C13H19BrN2O2/c1-9-3-5-13(8-14,6-4-9)16-12(17)11-7-15-18-10(11)2/h7,9H,3-6,8H2,1-2H3,(H,16,17). The van der Waals surface area contributed by atoms with E-state index in [9.17, 15) is 4.79 Å². The van der Waals surface area contributed by atoms with Crippen LogP contribution < -0.4 is 5.32 Å². The Morgan fingerprint density at radius 2 is 2.28 bits per heavy atom. The van der Waals surface area contributed by atoms with Gasteiger partial charge in [0.15, 0.2) is 0 Å². The van der Waals surface area contributed by atoms with Gasteiger partial charge >= 0.3 is 0 Å². The van der Waals surface area contributed by atoms with E-state index in [0.717, 1.165) is 36.9 Å². The first-order valence-corrected chi connectivity index (χ1v) is 7.48. The van der Waals surface area contributed by atoms with Gasteiger partial charge in [-0.1, -0.05) is 28.0 Å². The molecule has 0 saturated heterocycles. The molecule has 5 heteroatoms. The van der Waals surface area contributed by atoms with Crippen LogP contribution in [0, 0.1) is 12.8 Å². The van der Waals surface area contributed by atoms with Gasteiger partial charge in [-0.3, -0.25) is 4.79 Å². The molecule has 0 aliphatic heterocycles. The van der Waals surface area contributed by atoms with Crippen LogP contribution in [-0.4, -0.2) is 21.9 Å². The summed E-state index contributed by atoms with van der Waals surface area (Å²) in [5, 5.41) is 7.60. The number of amides is 1. The largest absolute Gasteiger partial charge is 0.361 e. The Hall–Kier alpha value is -0.840. The highest BCUT2D eigenvalue weighted by Gasteiger charge is 2.35. The van der Waals surface area contributed by atoms with E-state index >= 15 is 0 Å². The maximum atomic E-state index is 12.2. The van der Waals surface area contributed by atoms with Crippen LogP contribution in [0.4, 0.5) is 0 Å². The normalized spacial score (nSPS) is 28.1. The molecule has 0 spiro atoms. The van der Waals surface area contributed by atoms with Crippen LogP contribution in [0.15, 0.2) is 10.7 Å². The zero-order valence-electron chi connectivity index (χ0n) is 10.8. The second kappa shape index (κ2) is 5.43. The van der Waals surface area contributed by atoms with Crippen molar-refractivity contribution in [3.05, 3.63) is 17.5 Å². The van der Waals surface area contributed by atoms with Crippen molar-refractivity contribution in [2.45, 2.75) is 45.1 Å². The predicted octanol–water partition coefficient (Wildman–Crippen LogP) is 3.06. The summed E-state index contributed by atoms with van der Waals surface area (Å²) in [5.41, 5.74) is 0.418. The minimum atomic E-state index is -0.118. The van der Waals surface area contributed by atoms with Gasteiger partial charge in [-0.15, -0.1) is 0 Å². The molecule has 0 atom stereocenters. The molecule has 1 N–H and O–H groups in total. The van der Waals surface area contributed by atoms with Crippen molar-refractivity contribution in [1.82, 2.24) is 10.5 Å². The van der Waals surface area contributed by atoms with Gasteiger partial charge < -0.3 is 9.84 Å². The Bertz CT molecular complexity index is 422. The van der Waals surface area contributed by atoms with Crippen molar-refractivity contribution in [2.75, 3.05) is 5.33 Å². The first kappa shape index (κ1) is 13.6. The van der Waals surface area contributed by atoms with Crippen molar-refractivity contribution in [3.8, 4) is 0 Å². The van der Waals surface area contributed by atoms with Crippen LogP contribution in [0.3, 0.4) is 0 Å². The second-order valence-corrected chi connectivity index (χ2v) is 5.91. The minimum absolute atomic E-state index is 0.0808. The van der Waals surface area contributed by atoms with Crippen LogP contribution >= 0.6 is 15.9 Å². The maximum absolute atomic E-state index is 12.2. The fraction of sp³-hybridized carbons (Fsp3) is 0.692. The molecule has 0 aromatic carbocycles. The summed E-state index contributed by atoms with van der Waals surface area (Å²) in [7, 11) is 0. The minimum Gasteiger partial charge on any atom is -0.361 e. The lowest BCUT2D eigenvalue weighted by Crippen LogP contribution is -2.52. The molecule has 1 amide bonds. The number of nitrogens with zero attached hydrogens (tertiary/aromatic N) is 1. The van der Waals surface area contributed by atoms with Crippen molar-refractivity contribution in [3.63, 3.8) is 0 Å². The lowest BCUT2D eigenvalue weighted by atomic mass is 9.78. The average molecular weight is 315 g/mol. The van der Waals surface area contributed by atoms with E-state index in [0.29, 0.717) is 11.3 Å². The van der Waals surface area contributed by atoms with Gasteiger partial charge in [-0.05, 0) is 38.5 Å². The number of hydrogen-bond donors (Lipinski definition) is 1. The van der Waals surface area contributed by atoms with E-state index in [1.165, 1.54) is 6.20 Å². The third kappa shape index (κ3) is 2.76. The first-order valence-electron chi connectivity index (χ1n) is 6.36. The van der Waals surface area contributed by atoms with Crippen molar-refractivity contribution < 1.29 is 9.32 Å². The molecule has 1 saturated carbocycles. The third-order valence-electron chi connectivity index (χ3n) is 3.86. The number of carbonyl (C=O) groups is 1. The van der Waals surface area contributed by atoms with E-state index in [-0.39, 0.29) is 11.4 Å². The number of rotatable bonds is 3. The molecular weight excluding hydrogens is 296 g/mol. The van der Waals surface area contributed by atoms with Gasteiger partial charge in [0.2, 0.25) is 0 Å². The van der Waals surface area contributed by atoms with Crippen LogP contribution in [0.25, 0.3) is 0 Å². The van der Waals surface area contributed by atoms with Gasteiger partial charge in [-0.25, -0.2) is 0 Å². The summed E-state index contributed by atoms with van der Waals surface area (Å²) in [6.45, 7) is 4.02. The van der Waals surface area contributed by atoms with E-state index in [1.807, 2.05) is 0 Å². The zero-order chi connectivity index (χ0) is 13.2. The number of nitrogens with one attached hydrogen (secondary N) is 1. The monoisotopic (exact) mass is 314 g/mol. The van der Waals surface area contributed by atoms with Crippen LogP contribution in [0.1, 0.15) is 48.7 Å². The Balaban J connectivity index is 2.07. The highest BCUT2D eigenvalue weighted by molar-refractivity contribution is 9.09. The Kier molecular flexibility index (Phi) is 4.10. The Morgan fingerprint density at radius 3 is 2.78 bits per heavy atom. The van der Waals surface area contributed by atoms with E-state index in [2.05, 4.69) is 33.3 Å². The van der Waals surface area contributed by atoms with Gasteiger partial charge in [-0.2, -0.15) is 0 Å². The van der Waals surface area contributed by atoms with Crippen molar-refractivity contribution in [2.24, 2.45) is 5.92 Å². The Morgan fingerprint density at radius 1 is 1.61 bits per heavy atom. The van der Waals surface area contributed by atoms with E-state index in [4.69, 9.17) is 4.52 Å². The molecule has 0 unspecified atom stereocenters. The average Bonchev–Trinajstić information content (AvgIpc) is 2.79. The number of aryl methyl sites for hydroxylation is 1. The van der Waals surface area contributed by atoms with Crippen LogP contribution in [0.5, 0.6) is 0 Å². The summed E-state index contributed by atoms with van der Waals surface area (Å²) >= 11 is 3.54. The van der Waals surface area contributed by atoms with E-state index < -0.39 is 0 Å². The quantitative estimate of drug-likeness (QED) is 0.872. The molecule has 1 aromatic rings. The summed E-state index contributed by atoms with van der Waals surface area (Å²) < 4.78 is 4.94. The number of aromatic nitrogens is 1. The fourth-order valence-electron chi connectivity index (χ4n) is 2.43. The summed E-state index contributed by atoms with van der Waals surface area (Å²) in [6.07, 6.45) is 5.85. The molecule has 1 heterocycles. The van der Waals surface area contributed by atoms with Gasteiger partial charge in [0.1, 0.15) is 11.3 Å². The first-order chi connectivity index (χ1) is 8.56. The number of carbonyl (C=O) groups excluding carboxylic acids is 1. The molecule has 0 radical (unpaired) electrons. The SMILES string of the molecule is Cc1oncc1C(=O)NC1(CBr)CCC(C)CC1. The van der Waals surface area contributed by atoms with Crippen LogP contribution in [-0.2, 0) is 0 Å². The van der Waals surface area contributed by atoms with Crippen molar-refractivity contribution >= 4 is 21.8 Å². The summed E-state index contributed by atoms with van der Waals surface area (Å²) in [4.78, 5) is 12.2. The second-order valence-electron chi connectivity index (χ2n) is 5.35. The highest BCUT2D eigenvalue weighted by atomic mass is 79.9. The molecule has 4 nitrogen and oxygen atoms in total. The van der Waals surface area contributed by atoms with Crippen LogP contribution in [0.2, 0.25) is 0 Å². The molecule has 1 fully saturated rings. The molecule has 0 bridgehead atoms. The van der Waals surface area contributed by atoms with E-state index in [1.54, 1.807) is 6.92 Å².